The van der Waals surface area contributed by atoms with E-state index in [2.05, 4.69) is 26.1 Å². The van der Waals surface area contributed by atoms with Crippen LogP contribution in [0.3, 0.4) is 0 Å². The number of halogens is 2. The Morgan fingerprint density at radius 1 is 1.43 bits per heavy atom. The molecular weight excluding hydrogens is 386 g/mol. The molecule has 1 atom stereocenters. The number of nitro groups is 1. The van der Waals surface area contributed by atoms with E-state index in [1.54, 1.807) is 12.1 Å². The zero-order valence-corrected chi connectivity index (χ0v) is 15.7. The van der Waals surface area contributed by atoms with Gasteiger partial charge < -0.3 is 10.4 Å². The minimum Gasteiger partial charge on any atom is -0.396 e. The summed E-state index contributed by atoms with van der Waals surface area (Å²) in [6, 6.07) is 5.18. The Balaban J connectivity index is 0.00000264. The third-order valence-electron chi connectivity index (χ3n) is 4.15. The zero-order chi connectivity index (χ0) is 16.3. The molecule has 0 saturated carbocycles. The fourth-order valence-electron chi connectivity index (χ4n) is 3.02. The van der Waals surface area contributed by atoms with Gasteiger partial charge in [-0.2, -0.15) is 0 Å². The molecule has 1 aromatic rings. The van der Waals surface area contributed by atoms with Crippen molar-refractivity contribution in [3.63, 3.8) is 0 Å². The van der Waals surface area contributed by atoms with Crippen LogP contribution < -0.4 is 5.32 Å². The minimum absolute atomic E-state index is 0. The molecule has 0 spiro atoms. The highest BCUT2D eigenvalue weighted by Crippen LogP contribution is 2.40. The van der Waals surface area contributed by atoms with Gasteiger partial charge in [-0.3, -0.25) is 15.0 Å². The Hall–Kier alpha value is -0.730. The molecule has 23 heavy (non-hydrogen) atoms. The Bertz CT molecular complexity index is 551. The summed E-state index contributed by atoms with van der Waals surface area (Å²) in [6.07, 6.45) is 0. The van der Waals surface area contributed by atoms with Crippen molar-refractivity contribution in [1.29, 1.82) is 0 Å². The highest BCUT2D eigenvalue weighted by Gasteiger charge is 2.36. The maximum atomic E-state index is 11.2. The maximum Gasteiger partial charge on any atom is 0.283 e. The number of rotatable bonds is 5. The third kappa shape index (κ3) is 4.64. The first-order valence-corrected chi connectivity index (χ1v) is 8.15. The predicted molar refractivity (Wildman–Crippen MR) is 96.1 cm³/mol. The summed E-state index contributed by atoms with van der Waals surface area (Å²) >= 11 is 3.23. The number of nitrogens with zero attached hydrogens (tertiary/aromatic N) is 2. The molecule has 1 aromatic carbocycles. The van der Waals surface area contributed by atoms with Crippen LogP contribution in [0.15, 0.2) is 22.7 Å². The lowest BCUT2D eigenvalue weighted by Crippen LogP contribution is -2.49. The predicted octanol–water partition coefficient (Wildman–Crippen LogP) is 2.74. The monoisotopic (exact) mass is 407 g/mol. The van der Waals surface area contributed by atoms with E-state index in [0.717, 1.165) is 31.7 Å². The largest absolute Gasteiger partial charge is 0.396 e. The van der Waals surface area contributed by atoms with Crippen molar-refractivity contribution in [2.75, 3.05) is 32.8 Å². The summed E-state index contributed by atoms with van der Waals surface area (Å²) in [7, 11) is 0. The fraction of sp³-hybridized carbons (Fsp3) is 0.600. The second-order valence-electron chi connectivity index (χ2n) is 6.30. The van der Waals surface area contributed by atoms with Crippen LogP contribution in [0.25, 0.3) is 0 Å². The number of aliphatic hydroxyl groups is 1. The number of nitro benzene ring substituents is 1. The van der Waals surface area contributed by atoms with Crippen LogP contribution in [-0.4, -0.2) is 47.7 Å². The zero-order valence-electron chi connectivity index (χ0n) is 13.3. The maximum absolute atomic E-state index is 11.2. The standard InChI is InChI=1S/C15H22BrN3O3.ClH/c1-15(2,10-20)14(18-7-5-17-6-8-18)11-3-4-12(16)13(9-11)19(21)22;/h3-4,9,14,17,20H,5-8,10H2,1-2H3;1H/t14-;/m0./s1. The summed E-state index contributed by atoms with van der Waals surface area (Å²) < 4.78 is 0.474. The smallest absolute Gasteiger partial charge is 0.283 e. The van der Waals surface area contributed by atoms with Crippen LogP contribution in [0, 0.1) is 15.5 Å². The number of hydrogen-bond donors (Lipinski definition) is 2. The average Bonchev–Trinajstić information content (AvgIpc) is 2.50. The van der Waals surface area contributed by atoms with Crippen molar-refractivity contribution < 1.29 is 10.0 Å². The van der Waals surface area contributed by atoms with Gasteiger partial charge in [0.2, 0.25) is 0 Å². The third-order valence-corrected chi connectivity index (χ3v) is 4.82. The average molecular weight is 409 g/mol. The lowest BCUT2D eigenvalue weighted by Gasteiger charge is -2.43. The molecule has 8 heteroatoms. The van der Waals surface area contributed by atoms with E-state index >= 15 is 0 Å². The number of benzene rings is 1. The van der Waals surface area contributed by atoms with E-state index in [9.17, 15) is 15.2 Å². The molecule has 0 radical (unpaired) electrons. The Morgan fingerprint density at radius 2 is 2.04 bits per heavy atom. The van der Waals surface area contributed by atoms with Gasteiger partial charge in [-0.05, 0) is 27.6 Å². The highest BCUT2D eigenvalue weighted by molar-refractivity contribution is 9.10. The molecule has 0 unspecified atom stereocenters. The number of piperazine rings is 1. The first kappa shape index (κ1) is 20.3. The minimum atomic E-state index is -0.390. The summed E-state index contributed by atoms with van der Waals surface area (Å²) in [5.74, 6) is 0. The lowest BCUT2D eigenvalue weighted by molar-refractivity contribution is -0.385. The Morgan fingerprint density at radius 3 is 2.57 bits per heavy atom. The van der Waals surface area contributed by atoms with Gasteiger partial charge in [-0.15, -0.1) is 12.4 Å². The van der Waals surface area contributed by atoms with Crippen LogP contribution >= 0.6 is 28.3 Å². The quantitative estimate of drug-likeness (QED) is 0.578. The van der Waals surface area contributed by atoms with E-state index < -0.39 is 0 Å². The van der Waals surface area contributed by atoms with Crippen molar-refractivity contribution in [1.82, 2.24) is 10.2 Å². The fourth-order valence-corrected chi connectivity index (χ4v) is 3.41. The molecule has 0 aliphatic carbocycles. The molecule has 1 aliphatic rings. The molecule has 130 valence electrons. The molecule has 2 N–H and O–H groups in total. The second-order valence-corrected chi connectivity index (χ2v) is 7.16. The lowest BCUT2D eigenvalue weighted by atomic mass is 9.79. The molecule has 6 nitrogen and oxygen atoms in total. The van der Waals surface area contributed by atoms with Gasteiger partial charge in [0.15, 0.2) is 0 Å². The first-order valence-electron chi connectivity index (χ1n) is 7.36. The Kier molecular flexibility index (Phi) is 7.41. The van der Waals surface area contributed by atoms with E-state index in [-0.39, 0.29) is 41.1 Å². The Labute approximate surface area is 150 Å². The second kappa shape index (κ2) is 8.39. The molecule has 1 heterocycles. The molecule has 0 aromatic heterocycles. The van der Waals surface area contributed by atoms with E-state index in [1.165, 1.54) is 0 Å². The number of nitrogens with one attached hydrogen (secondary N) is 1. The van der Waals surface area contributed by atoms with Gasteiger partial charge >= 0.3 is 0 Å². The highest BCUT2D eigenvalue weighted by atomic mass is 79.9. The topological polar surface area (TPSA) is 78.6 Å². The molecule has 1 aliphatic heterocycles. The molecular formula is C15H23BrClN3O3. The van der Waals surface area contributed by atoms with Crippen molar-refractivity contribution in [2.45, 2.75) is 19.9 Å². The molecule has 0 bridgehead atoms. The van der Waals surface area contributed by atoms with Gasteiger partial charge in [0, 0.05) is 50.3 Å². The van der Waals surface area contributed by atoms with Crippen LogP contribution in [0.1, 0.15) is 25.5 Å². The summed E-state index contributed by atoms with van der Waals surface area (Å²) in [5, 5.41) is 24.3. The van der Waals surface area contributed by atoms with Crippen LogP contribution in [0.5, 0.6) is 0 Å². The molecule has 1 saturated heterocycles. The molecule has 0 amide bonds. The summed E-state index contributed by atoms with van der Waals surface area (Å²) in [5.41, 5.74) is 0.543. The van der Waals surface area contributed by atoms with E-state index in [1.807, 2.05) is 19.9 Å². The van der Waals surface area contributed by atoms with E-state index in [0.29, 0.717) is 4.47 Å². The van der Waals surface area contributed by atoms with Gasteiger partial charge in [0.05, 0.1) is 9.40 Å². The van der Waals surface area contributed by atoms with Crippen molar-refractivity contribution in [2.24, 2.45) is 5.41 Å². The van der Waals surface area contributed by atoms with Crippen molar-refractivity contribution in [3.05, 3.63) is 38.3 Å². The normalized spacial score (nSPS) is 17.4. The van der Waals surface area contributed by atoms with Crippen LogP contribution in [0.2, 0.25) is 0 Å². The first-order chi connectivity index (χ1) is 10.4. The van der Waals surface area contributed by atoms with Crippen molar-refractivity contribution in [3.8, 4) is 0 Å². The summed E-state index contributed by atoms with van der Waals surface area (Å²) in [6.45, 7) is 7.50. The van der Waals surface area contributed by atoms with Gasteiger partial charge in [0.25, 0.3) is 5.69 Å². The van der Waals surface area contributed by atoms with Crippen LogP contribution in [0.4, 0.5) is 5.69 Å². The van der Waals surface area contributed by atoms with Crippen LogP contribution in [-0.2, 0) is 0 Å². The SMILES string of the molecule is CC(C)(CO)[C@H](c1ccc(Br)c([N+](=O)[O-])c1)N1CCNCC1.Cl. The summed E-state index contributed by atoms with van der Waals surface area (Å²) in [4.78, 5) is 13.1. The van der Waals surface area contributed by atoms with E-state index in [4.69, 9.17) is 0 Å². The van der Waals surface area contributed by atoms with Crippen molar-refractivity contribution >= 4 is 34.0 Å². The molecule has 2 rings (SSSR count). The van der Waals surface area contributed by atoms with Gasteiger partial charge in [-0.1, -0.05) is 19.9 Å². The van der Waals surface area contributed by atoms with Gasteiger partial charge in [0.1, 0.15) is 0 Å². The molecule has 1 fully saturated rings. The number of hydrogen-bond acceptors (Lipinski definition) is 5. The van der Waals surface area contributed by atoms with Gasteiger partial charge in [-0.25, -0.2) is 0 Å². The number of aliphatic hydroxyl groups excluding tert-OH is 1.